The van der Waals surface area contributed by atoms with Gasteiger partial charge >= 0.3 is 0 Å². The molecule has 4 nitrogen and oxygen atoms in total. The third-order valence-electron chi connectivity index (χ3n) is 3.95. The molecule has 1 aliphatic heterocycles. The summed E-state index contributed by atoms with van der Waals surface area (Å²) >= 11 is 0. The normalized spacial score (nSPS) is 23.0. The molecule has 0 saturated carbocycles. The maximum Gasteiger partial charge on any atom is 0.147 e. The van der Waals surface area contributed by atoms with Crippen molar-refractivity contribution in [3.05, 3.63) is 18.1 Å². The molecule has 0 radical (unpaired) electrons. The number of rotatable bonds is 6. The van der Waals surface area contributed by atoms with E-state index in [4.69, 9.17) is 0 Å². The van der Waals surface area contributed by atoms with Gasteiger partial charge in [0.05, 0.1) is 18.1 Å². The van der Waals surface area contributed by atoms with E-state index in [1.807, 2.05) is 12.4 Å². The molecule has 1 aromatic heterocycles. The average Bonchev–Trinajstić information content (AvgIpc) is 2.81. The topological polar surface area (TPSA) is 41.1 Å². The van der Waals surface area contributed by atoms with Crippen molar-refractivity contribution in [3.63, 3.8) is 0 Å². The summed E-state index contributed by atoms with van der Waals surface area (Å²) in [6.07, 6.45) is 8.73. The zero-order chi connectivity index (χ0) is 13.7. The van der Waals surface area contributed by atoms with Gasteiger partial charge in [0.1, 0.15) is 5.82 Å². The van der Waals surface area contributed by atoms with E-state index in [0.29, 0.717) is 12.1 Å². The van der Waals surface area contributed by atoms with E-state index in [0.717, 1.165) is 31.0 Å². The molecule has 2 rings (SSSR count). The zero-order valence-corrected chi connectivity index (χ0v) is 12.4. The predicted molar refractivity (Wildman–Crippen MR) is 79.3 cm³/mol. The fourth-order valence-electron chi connectivity index (χ4n) is 2.85. The van der Waals surface area contributed by atoms with E-state index < -0.39 is 0 Å². The summed E-state index contributed by atoms with van der Waals surface area (Å²) in [7, 11) is 0. The summed E-state index contributed by atoms with van der Waals surface area (Å²) in [6, 6.07) is 1.22. The van der Waals surface area contributed by atoms with Crippen LogP contribution in [0.15, 0.2) is 12.4 Å². The summed E-state index contributed by atoms with van der Waals surface area (Å²) in [5, 5.41) is 3.35. The molecule has 1 saturated heterocycles. The van der Waals surface area contributed by atoms with Gasteiger partial charge in [0.2, 0.25) is 0 Å². The quantitative estimate of drug-likeness (QED) is 0.800. The third kappa shape index (κ3) is 3.44. The summed E-state index contributed by atoms with van der Waals surface area (Å²) in [4.78, 5) is 11.6. The molecule has 2 atom stereocenters. The highest BCUT2D eigenvalue weighted by atomic mass is 15.3. The molecule has 0 bridgehead atoms. The highest BCUT2D eigenvalue weighted by molar-refractivity contribution is 5.40. The van der Waals surface area contributed by atoms with Crippen molar-refractivity contribution in [1.82, 2.24) is 15.3 Å². The maximum absolute atomic E-state index is 4.61. The minimum absolute atomic E-state index is 0.586. The van der Waals surface area contributed by atoms with E-state index in [2.05, 4.69) is 41.0 Å². The molecule has 0 aromatic carbocycles. The molecule has 1 aliphatic rings. The molecule has 1 N–H and O–H groups in total. The molecule has 1 fully saturated rings. The van der Waals surface area contributed by atoms with Gasteiger partial charge in [-0.3, -0.25) is 4.98 Å². The van der Waals surface area contributed by atoms with Crippen molar-refractivity contribution < 1.29 is 0 Å². The van der Waals surface area contributed by atoms with Crippen LogP contribution in [-0.4, -0.2) is 28.6 Å². The first-order valence-electron chi connectivity index (χ1n) is 7.56. The van der Waals surface area contributed by atoms with Crippen LogP contribution in [0.25, 0.3) is 0 Å². The van der Waals surface area contributed by atoms with Gasteiger partial charge in [0, 0.05) is 18.6 Å². The van der Waals surface area contributed by atoms with Gasteiger partial charge in [0.15, 0.2) is 0 Å². The molecule has 106 valence electrons. The molecule has 0 aliphatic carbocycles. The fourth-order valence-corrected chi connectivity index (χ4v) is 2.85. The summed E-state index contributed by atoms with van der Waals surface area (Å²) in [5.74, 6) is 1.04. The van der Waals surface area contributed by atoms with Gasteiger partial charge in [-0.2, -0.15) is 0 Å². The van der Waals surface area contributed by atoms with E-state index in [1.165, 1.54) is 19.3 Å². The first-order chi connectivity index (χ1) is 9.26. The Morgan fingerprint density at radius 2 is 2.11 bits per heavy atom. The number of anilines is 1. The minimum atomic E-state index is 0.586. The standard InChI is InChI=1S/C15H26N4/c1-4-8-16-9-13-10-18-15(11-17-13)19-12(3)6-7-14(19)5-2/h10-12,14,16H,4-9H2,1-3H3. The summed E-state index contributed by atoms with van der Waals surface area (Å²) in [5.41, 5.74) is 1.03. The molecule has 2 unspecified atom stereocenters. The van der Waals surface area contributed by atoms with Crippen molar-refractivity contribution >= 4 is 5.82 Å². The van der Waals surface area contributed by atoms with Gasteiger partial charge in [-0.15, -0.1) is 0 Å². The van der Waals surface area contributed by atoms with Crippen molar-refractivity contribution in [2.45, 2.75) is 65.1 Å². The molecular formula is C15H26N4. The number of hydrogen-bond donors (Lipinski definition) is 1. The lowest BCUT2D eigenvalue weighted by Gasteiger charge is -2.28. The lowest BCUT2D eigenvalue weighted by molar-refractivity contribution is 0.617. The first-order valence-corrected chi connectivity index (χ1v) is 7.56. The van der Waals surface area contributed by atoms with Crippen molar-refractivity contribution in [2.24, 2.45) is 0 Å². The average molecular weight is 262 g/mol. The fraction of sp³-hybridized carbons (Fsp3) is 0.733. The van der Waals surface area contributed by atoms with Crippen molar-refractivity contribution in [1.29, 1.82) is 0 Å². The van der Waals surface area contributed by atoms with Gasteiger partial charge in [-0.1, -0.05) is 13.8 Å². The number of aromatic nitrogens is 2. The molecule has 19 heavy (non-hydrogen) atoms. The van der Waals surface area contributed by atoms with E-state index in [1.54, 1.807) is 0 Å². The monoisotopic (exact) mass is 262 g/mol. The maximum atomic E-state index is 4.61. The highest BCUT2D eigenvalue weighted by Crippen LogP contribution is 2.30. The smallest absolute Gasteiger partial charge is 0.147 e. The van der Waals surface area contributed by atoms with Gasteiger partial charge in [0.25, 0.3) is 0 Å². The number of nitrogens with zero attached hydrogens (tertiary/aromatic N) is 3. The predicted octanol–water partition coefficient (Wildman–Crippen LogP) is 2.74. The Morgan fingerprint density at radius 3 is 2.74 bits per heavy atom. The van der Waals surface area contributed by atoms with Crippen LogP contribution in [0.5, 0.6) is 0 Å². The Hall–Kier alpha value is -1.16. The second kappa shape index (κ2) is 6.85. The molecule has 0 spiro atoms. The van der Waals surface area contributed by atoms with Gasteiger partial charge in [-0.05, 0) is 39.2 Å². The van der Waals surface area contributed by atoms with E-state index in [9.17, 15) is 0 Å². The lowest BCUT2D eigenvalue weighted by Crippen LogP contribution is -2.34. The van der Waals surface area contributed by atoms with Crippen LogP contribution in [-0.2, 0) is 6.54 Å². The van der Waals surface area contributed by atoms with Crippen molar-refractivity contribution in [2.75, 3.05) is 11.4 Å². The second-order valence-corrected chi connectivity index (χ2v) is 5.44. The van der Waals surface area contributed by atoms with Crippen LogP contribution in [0.4, 0.5) is 5.82 Å². The number of nitrogens with one attached hydrogen (secondary N) is 1. The van der Waals surface area contributed by atoms with Gasteiger partial charge in [-0.25, -0.2) is 4.98 Å². The van der Waals surface area contributed by atoms with Crippen LogP contribution in [0.2, 0.25) is 0 Å². The summed E-state index contributed by atoms with van der Waals surface area (Å²) in [6.45, 7) is 8.56. The molecule has 0 amide bonds. The third-order valence-corrected chi connectivity index (χ3v) is 3.95. The molecule has 4 heteroatoms. The Bertz CT molecular complexity index is 376. The Kier molecular flexibility index (Phi) is 5.14. The van der Waals surface area contributed by atoms with Crippen LogP contribution in [0, 0.1) is 0 Å². The molecular weight excluding hydrogens is 236 g/mol. The van der Waals surface area contributed by atoms with E-state index >= 15 is 0 Å². The van der Waals surface area contributed by atoms with E-state index in [-0.39, 0.29) is 0 Å². The lowest BCUT2D eigenvalue weighted by atomic mass is 10.1. The molecule has 2 heterocycles. The number of hydrogen-bond acceptors (Lipinski definition) is 4. The van der Waals surface area contributed by atoms with Crippen molar-refractivity contribution in [3.8, 4) is 0 Å². The molecule has 1 aromatic rings. The SMILES string of the molecule is CCCNCc1cnc(N2C(C)CCC2CC)cn1. The van der Waals surface area contributed by atoms with Crippen LogP contribution in [0.1, 0.15) is 52.1 Å². The van der Waals surface area contributed by atoms with Crippen LogP contribution < -0.4 is 10.2 Å². The van der Waals surface area contributed by atoms with Crippen LogP contribution >= 0.6 is 0 Å². The second-order valence-electron chi connectivity index (χ2n) is 5.44. The zero-order valence-electron chi connectivity index (χ0n) is 12.4. The first kappa shape index (κ1) is 14.3. The Labute approximate surface area is 116 Å². The highest BCUT2D eigenvalue weighted by Gasteiger charge is 2.30. The van der Waals surface area contributed by atoms with Gasteiger partial charge < -0.3 is 10.2 Å². The Balaban J connectivity index is 2.01. The Morgan fingerprint density at radius 1 is 1.26 bits per heavy atom. The summed E-state index contributed by atoms with van der Waals surface area (Å²) < 4.78 is 0. The largest absolute Gasteiger partial charge is 0.350 e. The minimum Gasteiger partial charge on any atom is -0.350 e. The van der Waals surface area contributed by atoms with Crippen LogP contribution in [0.3, 0.4) is 0 Å².